The van der Waals surface area contributed by atoms with Gasteiger partial charge in [-0.2, -0.15) is 0 Å². The standard InChI is InChI=1S/C11H15N3O2/c1-7(2)13-11(16)14-10(15)8-4-3-5-9(12)6-8/h3-7H,12H2,1-2H3,(H2,13,14,15,16). The highest BCUT2D eigenvalue weighted by molar-refractivity contribution is 6.04. The van der Waals surface area contributed by atoms with Gasteiger partial charge in [0.25, 0.3) is 5.91 Å². The number of carbonyl (C=O) groups is 2. The fraction of sp³-hybridized carbons (Fsp3) is 0.273. The molecule has 0 radical (unpaired) electrons. The van der Waals surface area contributed by atoms with E-state index in [-0.39, 0.29) is 6.04 Å². The zero-order valence-electron chi connectivity index (χ0n) is 9.28. The Balaban J connectivity index is 2.62. The Kier molecular flexibility index (Phi) is 3.88. The summed E-state index contributed by atoms with van der Waals surface area (Å²) in [5.74, 6) is -0.467. The van der Waals surface area contributed by atoms with Crippen molar-refractivity contribution in [2.24, 2.45) is 0 Å². The molecule has 3 amide bonds. The molecule has 0 spiro atoms. The molecule has 0 heterocycles. The van der Waals surface area contributed by atoms with Crippen LogP contribution in [0.2, 0.25) is 0 Å². The van der Waals surface area contributed by atoms with Gasteiger partial charge in [-0.05, 0) is 32.0 Å². The summed E-state index contributed by atoms with van der Waals surface area (Å²) in [5.41, 5.74) is 6.37. The average molecular weight is 221 g/mol. The maximum absolute atomic E-state index is 11.6. The third-order valence-electron chi connectivity index (χ3n) is 1.80. The number of hydrogen-bond donors (Lipinski definition) is 3. The molecule has 0 fully saturated rings. The van der Waals surface area contributed by atoms with Crippen molar-refractivity contribution in [2.45, 2.75) is 19.9 Å². The molecule has 0 saturated heterocycles. The maximum Gasteiger partial charge on any atom is 0.321 e. The lowest BCUT2D eigenvalue weighted by Gasteiger charge is -2.09. The number of benzene rings is 1. The van der Waals surface area contributed by atoms with Gasteiger partial charge in [0.15, 0.2) is 0 Å². The van der Waals surface area contributed by atoms with Crippen molar-refractivity contribution >= 4 is 17.6 Å². The molecule has 0 bridgehead atoms. The molecule has 4 N–H and O–H groups in total. The van der Waals surface area contributed by atoms with Gasteiger partial charge in [-0.3, -0.25) is 10.1 Å². The molecular weight excluding hydrogens is 206 g/mol. The Morgan fingerprint density at radius 2 is 2.00 bits per heavy atom. The number of hydrogen-bond acceptors (Lipinski definition) is 3. The van der Waals surface area contributed by atoms with Gasteiger partial charge in [-0.25, -0.2) is 4.79 Å². The quantitative estimate of drug-likeness (QED) is 0.654. The molecule has 5 heteroatoms. The molecule has 0 aliphatic rings. The molecule has 16 heavy (non-hydrogen) atoms. The number of rotatable bonds is 2. The minimum Gasteiger partial charge on any atom is -0.399 e. The molecule has 0 aliphatic carbocycles. The lowest BCUT2D eigenvalue weighted by atomic mass is 10.2. The van der Waals surface area contributed by atoms with Crippen LogP contribution < -0.4 is 16.4 Å². The van der Waals surface area contributed by atoms with E-state index in [0.29, 0.717) is 11.3 Å². The first-order valence-corrected chi connectivity index (χ1v) is 4.96. The smallest absolute Gasteiger partial charge is 0.321 e. The Morgan fingerprint density at radius 3 is 2.56 bits per heavy atom. The molecule has 0 saturated carbocycles. The summed E-state index contributed by atoms with van der Waals surface area (Å²) in [6.07, 6.45) is 0. The monoisotopic (exact) mass is 221 g/mol. The number of anilines is 1. The molecule has 0 atom stereocenters. The van der Waals surface area contributed by atoms with Crippen LogP contribution in [0.3, 0.4) is 0 Å². The third kappa shape index (κ3) is 3.61. The molecule has 1 aromatic carbocycles. The predicted octanol–water partition coefficient (Wildman–Crippen LogP) is 1.12. The summed E-state index contributed by atoms with van der Waals surface area (Å²) in [6, 6.07) is 5.90. The summed E-state index contributed by atoms with van der Waals surface area (Å²) < 4.78 is 0. The van der Waals surface area contributed by atoms with E-state index in [4.69, 9.17) is 5.73 Å². The molecule has 0 aliphatic heterocycles. The van der Waals surface area contributed by atoms with E-state index in [2.05, 4.69) is 10.6 Å². The lowest BCUT2D eigenvalue weighted by molar-refractivity contribution is 0.0963. The topological polar surface area (TPSA) is 84.2 Å². The van der Waals surface area contributed by atoms with Gasteiger partial charge in [-0.1, -0.05) is 6.07 Å². The number of nitrogen functional groups attached to an aromatic ring is 1. The van der Waals surface area contributed by atoms with Crippen molar-refractivity contribution in [1.82, 2.24) is 10.6 Å². The van der Waals surface area contributed by atoms with E-state index in [1.165, 1.54) is 6.07 Å². The van der Waals surface area contributed by atoms with Gasteiger partial charge in [-0.15, -0.1) is 0 Å². The fourth-order valence-electron chi connectivity index (χ4n) is 1.15. The minimum absolute atomic E-state index is 0.0198. The molecule has 0 unspecified atom stereocenters. The van der Waals surface area contributed by atoms with Crippen molar-refractivity contribution in [2.75, 3.05) is 5.73 Å². The number of imide groups is 1. The van der Waals surface area contributed by atoms with Crippen molar-refractivity contribution in [1.29, 1.82) is 0 Å². The van der Waals surface area contributed by atoms with Crippen LogP contribution in [0.4, 0.5) is 10.5 Å². The molecule has 1 aromatic rings. The highest BCUT2D eigenvalue weighted by Gasteiger charge is 2.10. The first-order valence-electron chi connectivity index (χ1n) is 4.96. The van der Waals surface area contributed by atoms with Crippen LogP contribution in [0.5, 0.6) is 0 Å². The van der Waals surface area contributed by atoms with E-state index < -0.39 is 11.9 Å². The molecule has 0 aromatic heterocycles. The molecule has 86 valence electrons. The second-order valence-corrected chi connectivity index (χ2v) is 3.71. The van der Waals surface area contributed by atoms with Gasteiger partial charge in [0, 0.05) is 17.3 Å². The first kappa shape index (κ1) is 12.0. The van der Waals surface area contributed by atoms with E-state index in [9.17, 15) is 9.59 Å². The SMILES string of the molecule is CC(C)NC(=O)NC(=O)c1cccc(N)c1. The minimum atomic E-state index is -0.512. The number of carbonyl (C=O) groups excluding carboxylic acids is 2. The second-order valence-electron chi connectivity index (χ2n) is 3.71. The van der Waals surface area contributed by atoms with Gasteiger partial charge < -0.3 is 11.1 Å². The third-order valence-corrected chi connectivity index (χ3v) is 1.80. The van der Waals surface area contributed by atoms with Crippen molar-refractivity contribution in [3.8, 4) is 0 Å². The van der Waals surface area contributed by atoms with Crippen molar-refractivity contribution in [3.05, 3.63) is 29.8 Å². The normalized spacial score (nSPS) is 9.94. The van der Waals surface area contributed by atoms with Crippen LogP contribution in [-0.4, -0.2) is 18.0 Å². The fourth-order valence-corrected chi connectivity index (χ4v) is 1.15. The molecular formula is C11H15N3O2. The number of urea groups is 1. The summed E-state index contributed by atoms with van der Waals surface area (Å²) in [6.45, 7) is 3.62. The zero-order valence-corrected chi connectivity index (χ0v) is 9.28. The van der Waals surface area contributed by atoms with E-state index in [0.717, 1.165) is 0 Å². The van der Waals surface area contributed by atoms with Gasteiger partial charge in [0.2, 0.25) is 0 Å². The van der Waals surface area contributed by atoms with Crippen molar-refractivity contribution in [3.63, 3.8) is 0 Å². The van der Waals surface area contributed by atoms with Crippen LogP contribution in [0, 0.1) is 0 Å². The van der Waals surface area contributed by atoms with Gasteiger partial charge in [0.1, 0.15) is 0 Å². The predicted molar refractivity (Wildman–Crippen MR) is 62.0 cm³/mol. The van der Waals surface area contributed by atoms with Crippen LogP contribution >= 0.6 is 0 Å². The number of nitrogens with two attached hydrogens (primary N) is 1. The summed E-state index contributed by atoms with van der Waals surface area (Å²) in [5, 5.41) is 4.77. The van der Waals surface area contributed by atoms with Crippen molar-refractivity contribution < 1.29 is 9.59 Å². The Bertz CT molecular complexity index is 402. The second kappa shape index (κ2) is 5.16. The van der Waals surface area contributed by atoms with Crippen LogP contribution in [0.25, 0.3) is 0 Å². The first-order chi connectivity index (χ1) is 7.49. The number of amides is 3. The average Bonchev–Trinajstić information content (AvgIpc) is 2.16. The highest BCUT2D eigenvalue weighted by Crippen LogP contribution is 2.05. The van der Waals surface area contributed by atoms with Gasteiger partial charge in [0.05, 0.1) is 0 Å². The van der Waals surface area contributed by atoms with Crippen LogP contribution in [-0.2, 0) is 0 Å². The summed E-state index contributed by atoms with van der Waals surface area (Å²) >= 11 is 0. The lowest BCUT2D eigenvalue weighted by Crippen LogP contribution is -2.42. The Morgan fingerprint density at radius 1 is 1.31 bits per heavy atom. The largest absolute Gasteiger partial charge is 0.399 e. The zero-order chi connectivity index (χ0) is 12.1. The maximum atomic E-state index is 11.6. The van der Waals surface area contributed by atoms with Crippen LogP contribution in [0.15, 0.2) is 24.3 Å². The Labute approximate surface area is 94.0 Å². The molecule has 1 rings (SSSR count). The summed E-state index contributed by atoms with van der Waals surface area (Å²) in [4.78, 5) is 22.8. The molecule has 5 nitrogen and oxygen atoms in total. The van der Waals surface area contributed by atoms with Gasteiger partial charge >= 0.3 is 6.03 Å². The highest BCUT2D eigenvalue weighted by atomic mass is 16.2. The van der Waals surface area contributed by atoms with E-state index >= 15 is 0 Å². The van der Waals surface area contributed by atoms with E-state index in [1.807, 2.05) is 13.8 Å². The Hall–Kier alpha value is -2.04. The summed E-state index contributed by atoms with van der Waals surface area (Å²) in [7, 11) is 0. The number of nitrogens with one attached hydrogen (secondary N) is 2. The van der Waals surface area contributed by atoms with E-state index in [1.54, 1.807) is 18.2 Å². The van der Waals surface area contributed by atoms with Crippen LogP contribution in [0.1, 0.15) is 24.2 Å².